The van der Waals surface area contributed by atoms with E-state index in [2.05, 4.69) is 39.7 Å². The van der Waals surface area contributed by atoms with Gasteiger partial charge in [0.05, 0.1) is 15.9 Å². The summed E-state index contributed by atoms with van der Waals surface area (Å²) in [5.41, 5.74) is 1.01. The highest BCUT2D eigenvalue weighted by Crippen LogP contribution is 2.33. The van der Waals surface area contributed by atoms with E-state index in [4.69, 9.17) is 11.6 Å². The number of rotatable bonds is 4. The van der Waals surface area contributed by atoms with Gasteiger partial charge in [-0.2, -0.15) is 11.8 Å². The van der Waals surface area contributed by atoms with Gasteiger partial charge in [0.1, 0.15) is 11.0 Å². The van der Waals surface area contributed by atoms with Crippen molar-refractivity contribution in [2.45, 2.75) is 56.5 Å². The second kappa shape index (κ2) is 6.58. The standard InChI is InChI=1S/C13H18BrClN2S/c1-8(2)12-11(14)13(15)17-10(16-12)7-18-9-5-3-4-6-9/h8-9H,3-7H2,1-2H3. The fraction of sp³-hybridized carbons (Fsp3) is 0.692. The second-order valence-electron chi connectivity index (χ2n) is 5.00. The lowest BCUT2D eigenvalue weighted by Crippen LogP contribution is -2.04. The Balaban J connectivity index is 2.07. The molecule has 1 aromatic heterocycles. The largest absolute Gasteiger partial charge is 0.235 e. The molecular weight excluding hydrogens is 332 g/mol. The molecule has 0 aromatic carbocycles. The lowest BCUT2D eigenvalue weighted by molar-refractivity contribution is 0.790. The Morgan fingerprint density at radius 2 is 2.00 bits per heavy atom. The van der Waals surface area contributed by atoms with E-state index in [-0.39, 0.29) is 0 Å². The number of nitrogens with zero attached hydrogens (tertiary/aromatic N) is 2. The van der Waals surface area contributed by atoms with Gasteiger partial charge < -0.3 is 0 Å². The Kier molecular flexibility index (Phi) is 5.34. The van der Waals surface area contributed by atoms with Crippen molar-refractivity contribution < 1.29 is 0 Å². The van der Waals surface area contributed by atoms with Crippen LogP contribution in [0.4, 0.5) is 0 Å². The maximum Gasteiger partial charge on any atom is 0.147 e. The second-order valence-corrected chi connectivity index (χ2v) is 7.44. The van der Waals surface area contributed by atoms with Crippen molar-refractivity contribution in [2.75, 3.05) is 0 Å². The van der Waals surface area contributed by atoms with Crippen molar-refractivity contribution in [3.05, 3.63) is 21.1 Å². The predicted molar refractivity (Wildman–Crippen MR) is 82.4 cm³/mol. The van der Waals surface area contributed by atoms with Crippen LogP contribution in [-0.2, 0) is 5.75 Å². The molecule has 5 heteroatoms. The van der Waals surface area contributed by atoms with Gasteiger partial charge in [-0.25, -0.2) is 9.97 Å². The molecule has 0 saturated heterocycles. The zero-order chi connectivity index (χ0) is 13.1. The molecule has 0 unspecified atom stereocenters. The van der Waals surface area contributed by atoms with Gasteiger partial charge in [-0.1, -0.05) is 38.3 Å². The van der Waals surface area contributed by atoms with Crippen LogP contribution >= 0.6 is 39.3 Å². The average molecular weight is 350 g/mol. The molecule has 1 heterocycles. The van der Waals surface area contributed by atoms with E-state index in [1.54, 1.807) is 0 Å². The maximum atomic E-state index is 6.15. The van der Waals surface area contributed by atoms with Crippen LogP contribution in [0.5, 0.6) is 0 Å². The van der Waals surface area contributed by atoms with Crippen LogP contribution in [-0.4, -0.2) is 15.2 Å². The molecule has 0 N–H and O–H groups in total. The van der Waals surface area contributed by atoms with Gasteiger partial charge in [-0.05, 0) is 34.7 Å². The zero-order valence-corrected chi connectivity index (χ0v) is 13.9. The van der Waals surface area contributed by atoms with Crippen molar-refractivity contribution >= 4 is 39.3 Å². The van der Waals surface area contributed by atoms with Gasteiger partial charge in [-0.15, -0.1) is 0 Å². The summed E-state index contributed by atoms with van der Waals surface area (Å²) in [6, 6.07) is 0. The summed E-state index contributed by atoms with van der Waals surface area (Å²) in [6.07, 6.45) is 5.42. The molecule has 2 rings (SSSR count). The molecule has 1 fully saturated rings. The van der Waals surface area contributed by atoms with Gasteiger partial charge in [0.15, 0.2) is 0 Å². The number of hydrogen-bond donors (Lipinski definition) is 0. The summed E-state index contributed by atoms with van der Waals surface area (Å²) in [5, 5.41) is 1.33. The Morgan fingerprint density at radius 1 is 1.33 bits per heavy atom. The van der Waals surface area contributed by atoms with Crippen LogP contribution in [0.3, 0.4) is 0 Å². The first-order valence-corrected chi connectivity index (χ1v) is 8.63. The van der Waals surface area contributed by atoms with Gasteiger partial charge >= 0.3 is 0 Å². The molecule has 0 atom stereocenters. The molecule has 0 spiro atoms. The number of hydrogen-bond acceptors (Lipinski definition) is 3. The van der Waals surface area contributed by atoms with Crippen molar-refractivity contribution in [1.82, 2.24) is 9.97 Å². The molecule has 18 heavy (non-hydrogen) atoms. The molecule has 1 aliphatic rings. The fourth-order valence-corrected chi connectivity index (χ4v) is 4.19. The normalized spacial score (nSPS) is 16.7. The van der Waals surface area contributed by atoms with Gasteiger partial charge in [0.25, 0.3) is 0 Å². The molecule has 0 aliphatic heterocycles. The van der Waals surface area contributed by atoms with Crippen molar-refractivity contribution in [1.29, 1.82) is 0 Å². The summed E-state index contributed by atoms with van der Waals surface area (Å²) in [7, 11) is 0. The zero-order valence-electron chi connectivity index (χ0n) is 10.7. The van der Waals surface area contributed by atoms with Crippen LogP contribution in [0.25, 0.3) is 0 Å². The van der Waals surface area contributed by atoms with Crippen LogP contribution in [0, 0.1) is 0 Å². The van der Waals surface area contributed by atoms with E-state index in [1.165, 1.54) is 25.7 Å². The fourth-order valence-electron chi connectivity index (χ4n) is 2.18. The highest BCUT2D eigenvalue weighted by Gasteiger charge is 2.18. The quantitative estimate of drug-likeness (QED) is 0.699. The van der Waals surface area contributed by atoms with Crippen LogP contribution in [0.2, 0.25) is 5.15 Å². The maximum absolute atomic E-state index is 6.15. The van der Waals surface area contributed by atoms with Crippen LogP contribution in [0.1, 0.15) is 57.0 Å². The van der Waals surface area contributed by atoms with E-state index >= 15 is 0 Å². The van der Waals surface area contributed by atoms with E-state index in [0.717, 1.165) is 27.0 Å². The minimum absolute atomic E-state index is 0.357. The minimum atomic E-state index is 0.357. The lowest BCUT2D eigenvalue weighted by Gasteiger charge is -2.12. The Bertz CT molecular complexity index is 420. The monoisotopic (exact) mass is 348 g/mol. The first kappa shape index (κ1) is 14.6. The van der Waals surface area contributed by atoms with E-state index in [9.17, 15) is 0 Å². The van der Waals surface area contributed by atoms with Gasteiger partial charge in [0, 0.05) is 5.25 Å². The molecule has 1 aliphatic carbocycles. The number of halogens is 2. The summed E-state index contributed by atoms with van der Waals surface area (Å²) >= 11 is 11.6. The van der Waals surface area contributed by atoms with E-state index in [0.29, 0.717) is 11.1 Å². The third-order valence-corrected chi connectivity index (χ3v) is 5.83. The molecule has 1 saturated carbocycles. The van der Waals surface area contributed by atoms with Gasteiger partial charge in [-0.3, -0.25) is 0 Å². The Labute approximate surface area is 126 Å². The first-order chi connectivity index (χ1) is 8.58. The van der Waals surface area contributed by atoms with Crippen molar-refractivity contribution in [3.63, 3.8) is 0 Å². The molecule has 100 valence electrons. The lowest BCUT2D eigenvalue weighted by atomic mass is 10.1. The highest BCUT2D eigenvalue weighted by atomic mass is 79.9. The van der Waals surface area contributed by atoms with Crippen LogP contribution < -0.4 is 0 Å². The molecule has 0 amide bonds. The highest BCUT2D eigenvalue weighted by molar-refractivity contribution is 9.10. The van der Waals surface area contributed by atoms with Crippen molar-refractivity contribution in [3.8, 4) is 0 Å². The summed E-state index contributed by atoms with van der Waals surface area (Å²) in [5.74, 6) is 2.09. The SMILES string of the molecule is CC(C)c1nc(CSC2CCCC2)nc(Cl)c1Br. The number of thioether (sulfide) groups is 1. The minimum Gasteiger partial charge on any atom is -0.235 e. The summed E-state index contributed by atoms with van der Waals surface area (Å²) < 4.78 is 0.841. The summed E-state index contributed by atoms with van der Waals surface area (Å²) in [4.78, 5) is 8.99. The molecular formula is C13H18BrClN2S. The molecule has 1 aromatic rings. The third-order valence-electron chi connectivity index (χ3n) is 3.18. The Hall–Kier alpha value is 0.200. The predicted octanol–water partition coefficient (Wildman–Crippen LogP) is 5.19. The van der Waals surface area contributed by atoms with Crippen LogP contribution in [0.15, 0.2) is 4.47 Å². The third kappa shape index (κ3) is 3.61. The van der Waals surface area contributed by atoms with E-state index < -0.39 is 0 Å². The van der Waals surface area contributed by atoms with Crippen molar-refractivity contribution in [2.24, 2.45) is 0 Å². The summed E-state index contributed by atoms with van der Waals surface area (Å²) in [6.45, 7) is 4.24. The number of aromatic nitrogens is 2. The molecule has 2 nitrogen and oxygen atoms in total. The average Bonchev–Trinajstić information content (AvgIpc) is 2.83. The molecule has 0 radical (unpaired) electrons. The van der Waals surface area contributed by atoms with Gasteiger partial charge in [0.2, 0.25) is 0 Å². The first-order valence-electron chi connectivity index (χ1n) is 6.41. The molecule has 0 bridgehead atoms. The van der Waals surface area contributed by atoms with E-state index in [1.807, 2.05) is 11.8 Å². The smallest absolute Gasteiger partial charge is 0.147 e. The topological polar surface area (TPSA) is 25.8 Å². The Morgan fingerprint density at radius 3 is 2.61 bits per heavy atom.